The summed E-state index contributed by atoms with van der Waals surface area (Å²) in [6, 6.07) is 9.01. The first-order valence-corrected chi connectivity index (χ1v) is 9.57. The van der Waals surface area contributed by atoms with Crippen LogP contribution in [0, 0.1) is 20.8 Å². The van der Waals surface area contributed by atoms with Gasteiger partial charge in [-0.3, -0.25) is 4.68 Å². The fraction of sp³-hybridized carbons (Fsp3) is 0.524. The largest absolute Gasteiger partial charge is 0.357 e. The van der Waals surface area contributed by atoms with Gasteiger partial charge in [-0.05, 0) is 47.4 Å². The fourth-order valence-electron chi connectivity index (χ4n) is 3.13. The zero-order valence-electron chi connectivity index (χ0n) is 18.2. The molecule has 2 aromatic rings. The van der Waals surface area contributed by atoms with Gasteiger partial charge in [-0.2, -0.15) is 5.10 Å². The highest BCUT2D eigenvalue weighted by atomic mass is 127. The van der Waals surface area contributed by atoms with Gasteiger partial charge in [0, 0.05) is 31.4 Å². The Kier molecular flexibility index (Phi) is 9.95. The van der Waals surface area contributed by atoms with Crippen LogP contribution in [0.15, 0.2) is 29.3 Å². The topological polar surface area (TPSA) is 57.5 Å². The minimum absolute atomic E-state index is 0. The van der Waals surface area contributed by atoms with Crippen LogP contribution in [-0.4, -0.2) is 47.8 Å². The molecule has 1 aromatic heterocycles. The Hall–Kier alpha value is -1.61. The van der Waals surface area contributed by atoms with Gasteiger partial charge in [-0.25, -0.2) is 4.99 Å². The van der Waals surface area contributed by atoms with E-state index < -0.39 is 0 Å². The highest BCUT2D eigenvalue weighted by molar-refractivity contribution is 14.0. The quantitative estimate of drug-likeness (QED) is 0.350. The van der Waals surface area contributed by atoms with Crippen molar-refractivity contribution >= 4 is 29.9 Å². The monoisotopic (exact) mass is 498 g/mol. The van der Waals surface area contributed by atoms with Crippen LogP contribution >= 0.6 is 24.0 Å². The summed E-state index contributed by atoms with van der Waals surface area (Å²) in [6.45, 7) is 10.6. The van der Waals surface area contributed by atoms with E-state index in [2.05, 4.69) is 79.8 Å². The Morgan fingerprint density at radius 1 is 1.14 bits per heavy atom. The van der Waals surface area contributed by atoms with Crippen LogP contribution < -0.4 is 10.6 Å². The zero-order valence-corrected chi connectivity index (χ0v) is 20.5. The zero-order chi connectivity index (χ0) is 20.0. The van der Waals surface area contributed by atoms with Crippen molar-refractivity contribution in [1.82, 2.24) is 25.3 Å². The first-order valence-electron chi connectivity index (χ1n) is 9.57. The van der Waals surface area contributed by atoms with Crippen LogP contribution in [0.2, 0.25) is 0 Å². The predicted octanol–water partition coefficient (Wildman–Crippen LogP) is 3.32. The number of aryl methyl sites for hydroxylation is 3. The summed E-state index contributed by atoms with van der Waals surface area (Å²) in [5.41, 5.74) is 5.98. The van der Waals surface area contributed by atoms with Gasteiger partial charge in [0.2, 0.25) is 0 Å². The van der Waals surface area contributed by atoms with Crippen molar-refractivity contribution in [2.45, 2.75) is 40.3 Å². The number of guanidine groups is 1. The third-order valence-corrected chi connectivity index (χ3v) is 4.95. The second-order valence-electron chi connectivity index (χ2n) is 7.24. The maximum atomic E-state index is 4.78. The summed E-state index contributed by atoms with van der Waals surface area (Å²) in [7, 11) is 6.19. The molecule has 1 atom stereocenters. The van der Waals surface area contributed by atoms with Crippen LogP contribution in [0.3, 0.4) is 0 Å². The Bertz CT molecular complexity index is 764. The molecule has 156 valence electrons. The van der Waals surface area contributed by atoms with Crippen LogP contribution in [-0.2, 0) is 13.6 Å². The summed E-state index contributed by atoms with van der Waals surface area (Å²) in [5, 5.41) is 11.3. The fourth-order valence-corrected chi connectivity index (χ4v) is 3.13. The summed E-state index contributed by atoms with van der Waals surface area (Å²) in [4.78, 5) is 7.01. The van der Waals surface area contributed by atoms with Gasteiger partial charge < -0.3 is 15.5 Å². The number of hydrogen-bond donors (Lipinski definition) is 2. The molecule has 0 saturated carbocycles. The molecule has 0 aliphatic rings. The molecule has 1 unspecified atom stereocenters. The molecule has 6 nitrogen and oxygen atoms in total. The average molecular weight is 498 g/mol. The molecule has 0 amide bonds. The lowest BCUT2D eigenvalue weighted by Crippen LogP contribution is -2.41. The first-order chi connectivity index (χ1) is 12.8. The lowest BCUT2D eigenvalue weighted by molar-refractivity contribution is 0.298. The Morgan fingerprint density at radius 2 is 1.79 bits per heavy atom. The van der Waals surface area contributed by atoms with E-state index >= 15 is 0 Å². The molecule has 0 bridgehead atoms. The van der Waals surface area contributed by atoms with E-state index in [1.54, 1.807) is 0 Å². The van der Waals surface area contributed by atoms with E-state index in [-0.39, 0.29) is 30.0 Å². The van der Waals surface area contributed by atoms with Gasteiger partial charge in [0.1, 0.15) is 0 Å². The maximum absolute atomic E-state index is 4.78. The van der Waals surface area contributed by atoms with Gasteiger partial charge in [-0.15, -0.1) is 24.0 Å². The smallest absolute Gasteiger partial charge is 0.191 e. The number of hydrogen-bond acceptors (Lipinski definition) is 3. The van der Waals surface area contributed by atoms with Crippen LogP contribution in [0.4, 0.5) is 0 Å². The summed E-state index contributed by atoms with van der Waals surface area (Å²) in [5.74, 6) is 0.833. The number of likely N-dealkylation sites (N-methyl/N-ethyl adjacent to an activating group) is 1. The van der Waals surface area contributed by atoms with E-state index in [9.17, 15) is 0 Å². The van der Waals surface area contributed by atoms with E-state index in [1.165, 1.54) is 16.7 Å². The average Bonchev–Trinajstić information content (AvgIpc) is 2.86. The van der Waals surface area contributed by atoms with Crippen molar-refractivity contribution in [2.75, 3.05) is 27.2 Å². The molecule has 0 radical (unpaired) electrons. The summed E-state index contributed by atoms with van der Waals surface area (Å²) >= 11 is 0. The summed E-state index contributed by atoms with van der Waals surface area (Å²) in [6.07, 6.45) is 0. The Morgan fingerprint density at radius 3 is 2.29 bits per heavy atom. The minimum atomic E-state index is 0. The first kappa shape index (κ1) is 24.4. The van der Waals surface area contributed by atoms with E-state index in [1.807, 2.05) is 18.7 Å². The minimum Gasteiger partial charge on any atom is -0.357 e. The highest BCUT2D eigenvalue weighted by Gasteiger charge is 2.15. The normalized spacial score (nSPS) is 12.6. The van der Waals surface area contributed by atoms with E-state index in [4.69, 9.17) is 4.99 Å². The molecule has 0 saturated heterocycles. The number of halogens is 1. The molecule has 2 N–H and O–H groups in total. The second-order valence-corrected chi connectivity index (χ2v) is 7.24. The van der Waals surface area contributed by atoms with Crippen LogP contribution in [0.25, 0.3) is 0 Å². The molecule has 28 heavy (non-hydrogen) atoms. The van der Waals surface area contributed by atoms with Crippen molar-refractivity contribution in [3.63, 3.8) is 0 Å². The molecule has 7 heteroatoms. The molecule has 2 rings (SSSR count). The van der Waals surface area contributed by atoms with Crippen molar-refractivity contribution in [3.8, 4) is 0 Å². The lowest BCUT2D eigenvalue weighted by Gasteiger charge is -2.26. The third-order valence-electron chi connectivity index (χ3n) is 4.95. The molecule has 1 heterocycles. The Labute approximate surface area is 186 Å². The Balaban J connectivity index is 0.00000392. The molecule has 1 aromatic carbocycles. The standard InChI is InChI=1S/C21H34N6.HI/c1-8-22-21(23-13-19-16(3)25-27(7)17(19)4)24-14-20(26(5)6)18-11-9-15(2)10-12-18;/h9-12,20H,8,13-14H2,1-7H3,(H2,22,23,24);1H. The van der Waals surface area contributed by atoms with Gasteiger partial charge in [0.05, 0.1) is 18.3 Å². The van der Waals surface area contributed by atoms with E-state index in [0.717, 1.165) is 30.4 Å². The molecular weight excluding hydrogens is 463 g/mol. The van der Waals surface area contributed by atoms with Gasteiger partial charge in [0.15, 0.2) is 5.96 Å². The second kappa shape index (κ2) is 11.4. The van der Waals surface area contributed by atoms with Crippen molar-refractivity contribution in [1.29, 1.82) is 0 Å². The molecule has 0 aliphatic heterocycles. The molecule has 0 fully saturated rings. The summed E-state index contributed by atoms with van der Waals surface area (Å²) < 4.78 is 1.92. The number of rotatable bonds is 7. The highest BCUT2D eigenvalue weighted by Crippen LogP contribution is 2.18. The van der Waals surface area contributed by atoms with Crippen LogP contribution in [0.1, 0.15) is 41.0 Å². The molecule has 0 spiro atoms. The molecule has 0 aliphatic carbocycles. The van der Waals surface area contributed by atoms with Gasteiger partial charge in [-0.1, -0.05) is 29.8 Å². The van der Waals surface area contributed by atoms with Crippen molar-refractivity contribution in [2.24, 2.45) is 12.0 Å². The SMILES string of the molecule is CCNC(=NCc1c(C)nn(C)c1C)NCC(c1ccc(C)cc1)N(C)C.I. The number of benzene rings is 1. The number of nitrogens with one attached hydrogen (secondary N) is 2. The molecular formula is C21H35IN6. The predicted molar refractivity (Wildman–Crippen MR) is 129 cm³/mol. The van der Waals surface area contributed by atoms with E-state index in [0.29, 0.717) is 6.54 Å². The lowest BCUT2D eigenvalue weighted by atomic mass is 10.0. The number of aliphatic imine (C=N–C) groups is 1. The number of nitrogens with zero attached hydrogens (tertiary/aromatic N) is 4. The third kappa shape index (κ3) is 6.48. The van der Waals surface area contributed by atoms with Gasteiger partial charge >= 0.3 is 0 Å². The van der Waals surface area contributed by atoms with Crippen molar-refractivity contribution < 1.29 is 0 Å². The van der Waals surface area contributed by atoms with Crippen molar-refractivity contribution in [3.05, 3.63) is 52.3 Å². The number of aromatic nitrogens is 2. The van der Waals surface area contributed by atoms with Crippen LogP contribution in [0.5, 0.6) is 0 Å². The van der Waals surface area contributed by atoms with Gasteiger partial charge in [0.25, 0.3) is 0 Å². The maximum Gasteiger partial charge on any atom is 0.191 e.